The first-order valence-corrected chi connectivity index (χ1v) is 11.3. The third-order valence-electron chi connectivity index (χ3n) is 5.86. The van der Waals surface area contributed by atoms with Crippen molar-refractivity contribution >= 4 is 33.7 Å². The number of benzene rings is 5. The van der Waals surface area contributed by atoms with E-state index in [1.807, 2.05) is 72.8 Å². The number of fused-ring (bicyclic) bond motifs is 2. The highest BCUT2D eigenvalue weighted by Gasteiger charge is 2.10. The van der Waals surface area contributed by atoms with Crippen molar-refractivity contribution in [3.05, 3.63) is 120 Å². The third kappa shape index (κ3) is 4.84. The Hall–Kier alpha value is -4.64. The molecule has 5 heteroatoms. The molecule has 1 amide bonds. The predicted octanol–water partition coefficient (Wildman–Crippen LogP) is 6.34. The summed E-state index contributed by atoms with van der Waals surface area (Å²) < 4.78 is 11.6. The van der Waals surface area contributed by atoms with Crippen molar-refractivity contribution in [2.45, 2.75) is 6.61 Å². The number of amides is 1. The molecule has 0 saturated heterocycles. The lowest BCUT2D eigenvalue weighted by Crippen LogP contribution is -2.17. The molecule has 5 aromatic carbocycles. The topological polar surface area (TPSA) is 59.9 Å². The van der Waals surface area contributed by atoms with E-state index in [0.29, 0.717) is 23.7 Å². The maximum absolute atomic E-state index is 12.7. The maximum Gasteiger partial charge on any atom is 0.271 e. The fourth-order valence-corrected chi connectivity index (χ4v) is 4.11. The Morgan fingerprint density at radius 1 is 0.800 bits per heavy atom. The monoisotopic (exact) mass is 460 g/mol. The summed E-state index contributed by atoms with van der Waals surface area (Å²) in [5.74, 6) is 0.964. The van der Waals surface area contributed by atoms with Gasteiger partial charge in [0.05, 0.1) is 13.3 Å². The van der Waals surface area contributed by atoms with E-state index in [4.69, 9.17) is 9.47 Å². The summed E-state index contributed by atoms with van der Waals surface area (Å²) >= 11 is 0. The molecule has 0 spiro atoms. The molecule has 0 unspecified atom stereocenters. The van der Waals surface area contributed by atoms with Gasteiger partial charge in [0.25, 0.3) is 5.91 Å². The molecule has 5 rings (SSSR count). The normalized spacial score (nSPS) is 11.1. The quantitative estimate of drug-likeness (QED) is 0.228. The molecule has 0 radical (unpaired) electrons. The van der Waals surface area contributed by atoms with Gasteiger partial charge in [-0.2, -0.15) is 5.10 Å². The van der Waals surface area contributed by atoms with Crippen LogP contribution in [0.3, 0.4) is 0 Å². The van der Waals surface area contributed by atoms with Crippen LogP contribution in [0.25, 0.3) is 21.5 Å². The minimum absolute atomic E-state index is 0.265. The van der Waals surface area contributed by atoms with Crippen molar-refractivity contribution in [2.24, 2.45) is 5.10 Å². The summed E-state index contributed by atoms with van der Waals surface area (Å²) in [5.41, 5.74) is 5.07. The van der Waals surface area contributed by atoms with Crippen LogP contribution in [-0.4, -0.2) is 19.2 Å². The Bertz CT molecular complexity index is 1530. The zero-order valence-corrected chi connectivity index (χ0v) is 19.3. The van der Waals surface area contributed by atoms with Crippen LogP contribution in [0.2, 0.25) is 0 Å². The zero-order valence-electron chi connectivity index (χ0n) is 19.3. The summed E-state index contributed by atoms with van der Waals surface area (Å²) in [7, 11) is 1.61. The lowest BCUT2D eigenvalue weighted by atomic mass is 10.0. The van der Waals surface area contributed by atoms with Crippen LogP contribution in [0.5, 0.6) is 11.5 Å². The van der Waals surface area contributed by atoms with Gasteiger partial charge in [-0.25, -0.2) is 5.43 Å². The van der Waals surface area contributed by atoms with Crippen molar-refractivity contribution in [3.63, 3.8) is 0 Å². The molecule has 5 aromatic rings. The van der Waals surface area contributed by atoms with Crippen molar-refractivity contribution < 1.29 is 14.3 Å². The first kappa shape index (κ1) is 22.2. The number of ether oxygens (including phenoxy) is 2. The van der Waals surface area contributed by atoms with Gasteiger partial charge in [-0.3, -0.25) is 4.79 Å². The van der Waals surface area contributed by atoms with E-state index in [9.17, 15) is 4.79 Å². The fourth-order valence-electron chi connectivity index (χ4n) is 4.11. The number of hydrogen-bond acceptors (Lipinski definition) is 4. The molecule has 0 aliphatic carbocycles. The summed E-state index contributed by atoms with van der Waals surface area (Å²) in [6, 6.07) is 33.3. The van der Waals surface area contributed by atoms with E-state index in [1.165, 1.54) is 5.39 Å². The van der Waals surface area contributed by atoms with Crippen LogP contribution >= 0.6 is 0 Å². The van der Waals surface area contributed by atoms with Gasteiger partial charge < -0.3 is 9.47 Å². The molecule has 1 N–H and O–H groups in total. The van der Waals surface area contributed by atoms with E-state index < -0.39 is 0 Å². The molecule has 0 saturated carbocycles. The number of carbonyl (C=O) groups excluding carboxylic acids is 1. The molecule has 0 heterocycles. The second-order valence-corrected chi connectivity index (χ2v) is 8.06. The van der Waals surface area contributed by atoms with Crippen molar-refractivity contribution in [1.82, 2.24) is 5.43 Å². The fraction of sp³-hybridized carbons (Fsp3) is 0.0667. The van der Waals surface area contributed by atoms with Gasteiger partial charge in [0.2, 0.25) is 0 Å². The number of nitrogens with zero attached hydrogens (tertiary/aromatic N) is 1. The molecule has 0 bridgehead atoms. The van der Waals surface area contributed by atoms with Gasteiger partial charge in [-0.1, -0.05) is 78.9 Å². The summed E-state index contributed by atoms with van der Waals surface area (Å²) in [4.78, 5) is 12.7. The maximum atomic E-state index is 12.7. The van der Waals surface area contributed by atoms with Gasteiger partial charge >= 0.3 is 0 Å². The number of carbonyl (C=O) groups is 1. The molecule has 0 atom stereocenters. The molecule has 172 valence electrons. The Labute approximate surface area is 203 Å². The molecule has 0 aliphatic heterocycles. The van der Waals surface area contributed by atoms with Gasteiger partial charge in [0, 0.05) is 5.56 Å². The molecule has 0 aromatic heterocycles. The zero-order chi connectivity index (χ0) is 24.0. The van der Waals surface area contributed by atoms with Crippen molar-refractivity contribution in [3.8, 4) is 11.5 Å². The highest BCUT2D eigenvalue weighted by Crippen LogP contribution is 2.29. The van der Waals surface area contributed by atoms with E-state index >= 15 is 0 Å². The van der Waals surface area contributed by atoms with E-state index in [2.05, 4.69) is 34.8 Å². The highest BCUT2D eigenvalue weighted by molar-refractivity contribution is 6.07. The standard InChI is InChI=1S/C30H24N2O3/c1-34-28-17-16-21(18-29(28)35-20-24-12-6-10-22-8-2-4-13-25(22)24)19-31-32-30(33)27-15-7-11-23-9-3-5-14-26(23)27/h2-19H,20H2,1H3,(H,32,33)/b31-19-. The molecular formula is C30H24N2O3. The molecule has 5 nitrogen and oxygen atoms in total. The summed E-state index contributed by atoms with van der Waals surface area (Å²) in [5, 5.41) is 8.38. The lowest BCUT2D eigenvalue weighted by molar-refractivity contribution is 0.0957. The number of hydrazone groups is 1. The Morgan fingerprint density at radius 2 is 1.49 bits per heavy atom. The molecule has 0 fully saturated rings. The van der Waals surface area contributed by atoms with Gasteiger partial charge in [-0.15, -0.1) is 0 Å². The Kier molecular flexibility index (Phi) is 6.39. The minimum atomic E-state index is -0.265. The van der Waals surface area contributed by atoms with E-state index in [1.54, 1.807) is 19.4 Å². The number of nitrogens with one attached hydrogen (secondary N) is 1. The van der Waals surface area contributed by atoms with Crippen LogP contribution in [0.15, 0.2) is 108 Å². The summed E-state index contributed by atoms with van der Waals surface area (Å²) in [6.45, 7) is 0.399. The third-order valence-corrected chi connectivity index (χ3v) is 5.86. The Balaban J connectivity index is 1.31. The first-order valence-electron chi connectivity index (χ1n) is 11.3. The van der Waals surface area contributed by atoms with Crippen molar-refractivity contribution in [1.29, 1.82) is 0 Å². The highest BCUT2D eigenvalue weighted by atomic mass is 16.5. The SMILES string of the molecule is COc1ccc(/C=N\NC(=O)c2cccc3ccccc23)cc1OCc1cccc2ccccc12. The second kappa shape index (κ2) is 10.1. The minimum Gasteiger partial charge on any atom is -0.493 e. The first-order chi connectivity index (χ1) is 17.2. The largest absolute Gasteiger partial charge is 0.493 e. The lowest BCUT2D eigenvalue weighted by Gasteiger charge is -2.13. The predicted molar refractivity (Wildman–Crippen MR) is 140 cm³/mol. The van der Waals surface area contributed by atoms with E-state index in [0.717, 1.165) is 27.3 Å². The van der Waals surface area contributed by atoms with Crippen LogP contribution in [-0.2, 0) is 6.61 Å². The van der Waals surface area contributed by atoms with Crippen molar-refractivity contribution in [2.75, 3.05) is 7.11 Å². The van der Waals surface area contributed by atoms with Gasteiger partial charge in [0.1, 0.15) is 6.61 Å². The Morgan fingerprint density at radius 3 is 2.29 bits per heavy atom. The summed E-state index contributed by atoms with van der Waals surface area (Å²) in [6.07, 6.45) is 1.59. The average molecular weight is 461 g/mol. The average Bonchev–Trinajstić information content (AvgIpc) is 2.91. The number of hydrogen-bond donors (Lipinski definition) is 1. The van der Waals surface area contributed by atoms with Crippen LogP contribution in [0, 0.1) is 0 Å². The van der Waals surface area contributed by atoms with Crippen LogP contribution in [0.1, 0.15) is 21.5 Å². The van der Waals surface area contributed by atoms with Gasteiger partial charge in [-0.05, 0) is 56.9 Å². The molecule has 35 heavy (non-hydrogen) atoms. The van der Waals surface area contributed by atoms with Crippen LogP contribution < -0.4 is 14.9 Å². The number of rotatable bonds is 7. The number of methoxy groups -OCH3 is 1. The second-order valence-electron chi connectivity index (χ2n) is 8.06. The van der Waals surface area contributed by atoms with Crippen LogP contribution in [0.4, 0.5) is 0 Å². The molecule has 0 aliphatic rings. The molecular weight excluding hydrogens is 436 g/mol. The smallest absolute Gasteiger partial charge is 0.271 e. The van der Waals surface area contributed by atoms with Gasteiger partial charge in [0.15, 0.2) is 11.5 Å². The van der Waals surface area contributed by atoms with E-state index in [-0.39, 0.29) is 5.91 Å².